The third-order valence-electron chi connectivity index (χ3n) is 5.62. The van der Waals surface area contributed by atoms with Gasteiger partial charge >= 0.3 is 0 Å². The van der Waals surface area contributed by atoms with Gasteiger partial charge in [-0.15, -0.1) is 0 Å². The van der Waals surface area contributed by atoms with Crippen LogP contribution in [0.3, 0.4) is 0 Å². The normalized spacial score (nSPS) is 14.4. The van der Waals surface area contributed by atoms with Crippen molar-refractivity contribution < 1.29 is 14.0 Å². The molecule has 0 bridgehead atoms. The number of benzene rings is 1. The highest BCUT2D eigenvalue weighted by Gasteiger charge is 2.27. The molecule has 30 heavy (non-hydrogen) atoms. The Labute approximate surface area is 175 Å². The van der Waals surface area contributed by atoms with E-state index >= 15 is 0 Å². The van der Waals surface area contributed by atoms with E-state index in [0.29, 0.717) is 37.3 Å². The van der Waals surface area contributed by atoms with Crippen molar-refractivity contribution >= 4 is 11.8 Å². The molecule has 8 heteroatoms. The zero-order valence-electron chi connectivity index (χ0n) is 17.7. The van der Waals surface area contributed by atoms with E-state index in [-0.39, 0.29) is 17.5 Å². The molecule has 1 atom stereocenters. The second kappa shape index (κ2) is 8.79. The number of nitrogens with one attached hydrogen (secondary N) is 1. The first-order valence-electron chi connectivity index (χ1n) is 9.92. The number of carbonyl (C=O) groups excluding carboxylic acids is 2. The largest absolute Gasteiger partial charge is 0.350 e. The van der Waals surface area contributed by atoms with Gasteiger partial charge in [0.25, 0.3) is 11.5 Å². The van der Waals surface area contributed by atoms with Crippen LogP contribution in [0.4, 0.5) is 4.39 Å². The van der Waals surface area contributed by atoms with Crippen LogP contribution in [-0.4, -0.2) is 59.4 Å². The van der Waals surface area contributed by atoms with Gasteiger partial charge in [-0.2, -0.15) is 0 Å². The number of hydrogen-bond acceptors (Lipinski definition) is 4. The molecule has 2 aromatic rings. The molecule has 1 aromatic heterocycles. The van der Waals surface area contributed by atoms with Gasteiger partial charge in [-0.05, 0) is 62.8 Å². The van der Waals surface area contributed by atoms with Gasteiger partial charge in [-0.25, -0.2) is 4.39 Å². The van der Waals surface area contributed by atoms with Gasteiger partial charge in [-0.3, -0.25) is 19.0 Å². The highest BCUT2D eigenvalue weighted by Crippen LogP contribution is 2.22. The topological polar surface area (TPSA) is 74.6 Å². The fourth-order valence-electron chi connectivity index (χ4n) is 3.46. The van der Waals surface area contributed by atoms with Crippen LogP contribution in [0.25, 0.3) is 5.69 Å². The van der Waals surface area contributed by atoms with Crippen LogP contribution in [0.15, 0.2) is 35.3 Å². The minimum absolute atomic E-state index is 0.0639. The monoisotopic (exact) mass is 414 g/mol. The van der Waals surface area contributed by atoms with Gasteiger partial charge < -0.3 is 15.1 Å². The number of aromatic nitrogens is 1. The van der Waals surface area contributed by atoms with E-state index in [4.69, 9.17) is 0 Å². The first kappa shape index (κ1) is 21.7. The summed E-state index contributed by atoms with van der Waals surface area (Å²) in [5.41, 5.74) is 1.51. The quantitative estimate of drug-likeness (QED) is 0.806. The van der Waals surface area contributed by atoms with Crippen LogP contribution >= 0.6 is 0 Å². The first-order chi connectivity index (χ1) is 14.2. The lowest BCUT2D eigenvalue weighted by Gasteiger charge is -2.30. The minimum atomic E-state index is -0.452. The molecule has 1 aliphatic rings. The van der Waals surface area contributed by atoms with Crippen LogP contribution in [0.1, 0.15) is 35.3 Å². The van der Waals surface area contributed by atoms with Gasteiger partial charge in [0.1, 0.15) is 11.4 Å². The van der Waals surface area contributed by atoms with Crippen molar-refractivity contribution in [3.05, 3.63) is 63.3 Å². The maximum Gasteiger partial charge on any atom is 0.268 e. The molecule has 2 amide bonds. The standard InChI is InChI=1S/C22H27FN4O3/c1-14(25(3)4)11-24-21(29)20-19-9-10-26(15(2)28)12-16(19)13-27(22(20)30)18-7-5-17(23)6-8-18/h5-8,13-14H,9-12H2,1-4H3,(H,24,29)/t14-/m1/s1. The van der Waals surface area contributed by atoms with E-state index in [0.717, 1.165) is 5.56 Å². The molecule has 0 radical (unpaired) electrons. The lowest BCUT2D eigenvalue weighted by molar-refractivity contribution is -0.129. The molecule has 0 aliphatic carbocycles. The van der Waals surface area contributed by atoms with Crippen LogP contribution in [-0.2, 0) is 17.8 Å². The SMILES string of the molecule is CC(=O)N1CCc2c(cn(-c3ccc(F)cc3)c(=O)c2C(=O)NC[C@@H](C)N(C)C)C1. The van der Waals surface area contributed by atoms with Gasteiger partial charge in [0.15, 0.2) is 0 Å². The summed E-state index contributed by atoms with van der Waals surface area (Å²) in [6.07, 6.45) is 2.08. The van der Waals surface area contributed by atoms with Crippen molar-refractivity contribution in [2.75, 3.05) is 27.2 Å². The number of fused-ring (bicyclic) bond motifs is 1. The van der Waals surface area contributed by atoms with Gasteiger partial charge in [-0.1, -0.05) is 0 Å². The average molecular weight is 414 g/mol. The number of halogens is 1. The summed E-state index contributed by atoms with van der Waals surface area (Å²) in [6.45, 7) is 4.64. The van der Waals surface area contributed by atoms with E-state index in [9.17, 15) is 18.8 Å². The van der Waals surface area contributed by atoms with E-state index < -0.39 is 17.3 Å². The van der Waals surface area contributed by atoms with Crippen LogP contribution in [0, 0.1) is 5.82 Å². The third kappa shape index (κ3) is 4.43. The lowest BCUT2D eigenvalue weighted by atomic mass is 9.95. The third-order valence-corrected chi connectivity index (χ3v) is 5.62. The second-order valence-electron chi connectivity index (χ2n) is 7.87. The Balaban J connectivity index is 2.07. The van der Waals surface area contributed by atoms with Gasteiger partial charge in [0, 0.05) is 44.5 Å². The van der Waals surface area contributed by atoms with Gasteiger partial charge in [0.05, 0.1) is 0 Å². The highest BCUT2D eigenvalue weighted by molar-refractivity contribution is 5.96. The van der Waals surface area contributed by atoms with Crippen molar-refractivity contribution in [2.45, 2.75) is 32.9 Å². The smallest absolute Gasteiger partial charge is 0.268 e. The number of rotatable bonds is 5. The zero-order chi connectivity index (χ0) is 22.0. The highest BCUT2D eigenvalue weighted by atomic mass is 19.1. The maximum absolute atomic E-state index is 13.4. The summed E-state index contributed by atoms with van der Waals surface area (Å²) in [6, 6.07) is 5.61. The second-order valence-corrected chi connectivity index (χ2v) is 7.87. The van der Waals surface area contributed by atoms with Gasteiger partial charge in [0.2, 0.25) is 5.91 Å². The number of pyridine rings is 1. The summed E-state index contributed by atoms with van der Waals surface area (Å²) >= 11 is 0. The molecule has 1 aromatic carbocycles. The van der Waals surface area contributed by atoms with Crippen molar-refractivity contribution in [3.8, 4) is 5.69 Å². The summed E-state index contributed by atoms with van der Waals surface area (Å²) < 4.78 is 14.7. The molecule has 2 heterocycles. The fourth-order valence-corrected chi connectivity index (χ4v) is 3.46. The van der Waals surface area contributed by atoms with Crippen molar-refractivity contribution in [1.82, 2.24) is 19.7 Å². The minimum Gasteiger partial charge on any atom is -0.350 e. The molecular weight excluding hydrogens is 387 g/mol. The van der Waals surface area contributed by atoms with Crippen molar-refractivity contribution in [2.24, 2.45) is 0 Å². The molecular formula is C22H27FN4O3. The van der Waals surface area contributed by atoms with E-state index in [1.54, 1.807) is 11.1 Å². The Bertz CT molecular complexity index is 1010. The Hall–Kier alpha value is -3.00. The predicted octanol–water partition coefficient (Wildman–Crippen LogP) is 1.56. The molecule has 0 saturated carbocycles. The average Bonchev–Trinajstić information content (AvgIpc) is 2.71. The van der Waals surface area contributed by atoms with Crippen LogP contribution < -0.4 is 10.9 Å². The molecule has 1 aliphatic heterocycles. The molecule has 0 saturated heterocycles. The molecule has 7 nitrogen and oxygen atoms in total. The number of amides is 2. The number of likely N-dealkylation sites (N-methyl/N-ethyl adjacent to an activating group) is 1. The van der Waals surface area contributed by atoms with E-state index in [1.807, 2.05) is 25.9 Å². The van der Waals surface area contributed by atoms with Crippen molar-refractivity contribution in [3.63, 3.8) is 0 Å². The van der Waals surface area contributed by atoms with E-state index in [2.05, 4.69) is 5.32 Å². The summed E-state index contributed by atoms with van der Waals surface area (Å²) in [5.74, 6) is -0.910. The maximum atomic E-state index is 13.4. The molecule has 160 valence electrons. The molecule has 0 fully saturated rings. The number of carbonyl (C=O) groups is 2. The fraction of sp³-hybridized carbons (Fsp3) is 0.409. The number of hydrogen-bond donors (Lipinski definition) is 1. The summed E-state index contributed by atoms with van der Waals surface area (Å²) in [7, 11) is 3.83. The Morgan fingerprint density at radius 1 is 1.23 bits per heavy atom. The Morgan fingerprint density at radius 3 is 2.50 bits per heavy atom. The predicted molar refractivity (Wildman–Crippen MR) is 112 cm³/mol. The van der Waals surface area contributed by atoms with E-state index in [1.165, 1.54) is 35.8 Å². The molecule has 3 rings (SSSR count). The lowest BCUT2D eigenvalue weighted by Crippen LogP contribution is -2.43. The molecule has 0 unspecified atom stereocenters. The Kier molecular flexibility index (Phi) is 6.36. The molecule has 0 spiro atoms. The van der Waals surface area contributed by atoms with Crippen LogP contribution in [0.2, 0.25) is 0 Å². The van der Waals surface area contributed by atoms with Crippen LogP contribution in [0.5, 0.6) is 0 Å². The Morgan fingerprint density at radius 2 is 1.90 bits per heavy atom. The number of nitrogens with zero attached hydrogens (tertiary/aromatic N) is 3. The summed E-state index contributed by atoms with van der Waals surface area (Å²) in [5, 5.41) is 2.86. The summed E-state index contributed by atoms with van der Waals surface area (Å²) in [4.78, 5) is 41.8. The first-order valence-corrected chi connectivity index (χ1v) is 9.92. The molecule has 1 N–H and O–H groups in total. The zero-order valence-corrected chi connectivity index (χ0v) is 17.7. The van der Waals surface area contributed by atoms with Crippen molar-refractivity contribution in [1.29, 1.82) is 0 Å².